The van der Waals surface area contributed by atoms with Gasteiger partial charge in [0.25, 0.3) is 0 Å². The predicted molar refractivity (Wildman–Crippen MR) is 113 cm³/mol. The Morgan fingerprint density at radius 3 is 2.81 bits per heavy atom. The normalized spacial score (nSPS) is 10.9. The van der Waals surface area contributed by atoms with E-state index in [1.165, 1.54) is 0 Å². The summed E-state index contributed by atoms with van der Waals surface area (Å²) < 4.78 is 6.31. The van der Waals surface area contributed by atoms with Crippen molar-refractivity contribution in [3.63, 3.8) is 0 Å². The number of hydrazone groups is 1. The maximum absolute atomic E-state index is 12.2. The van der Waals surface area contributed by atoms with Crippen molar-refractivity contribution >= 4 is 51.4 Å². The van der Waals surface area contributed by atoms with Gasteiger partial charge in [-0.05, 0) is 76.1 Å². The summed E-state index contributed by atoms with van der Waals surface area (Å²) in [5.41, 5.74) is 4.32. The Hall–Kier alpha value is -1.50. The first-order chi connectivity index (χ1) is 12.5. The molecule has 2 aromatic carbocycles. The van der Waals surface area contributed by atoms with Crippen LogP contribution in [0.1, 0.15) is 25.0 Å². The van der Waals surface area contributed by atoms with Crippen molar-refractivity contribution in [1.29, 1.82) is 0 Å². The Balaban J connectivity index is 1.97. The monoisotopic (exact) mass is 454 g/mol. The Labute approximate surface area is 171 Å². The van der Waals surface area contributed by atoms with Crippen molar-refractivity contribution in [1.82, 2.24) is 5.43 Å². The molecule has 0 aromatic heterocycles. The molecule has 2 rings (SSSR count). The quantitative estimate of drug-likeness (QED) is 0.333. The van der Waals surface area contributed by atoms with E-state index in [0.29, 0.717) is 11.6 Å². The summed E-state index contributed by atoms with van der Waals surface area (Å²) in [4.78, 5) is 13.2. The van der Waals surface area contributed by atoms with E-state index >= 15 is 0 Å². The molecule has 0 aliphatic heterocycles. The van der Waals surface area contributed by atoms with E-state index < -0.39 is 0 Å². The number of hydrogen-bond acceptors (Lipinski definition) is 4. The Morgan fingerprint density at radius 2 is 2.12 bits per heavy atom. The minimum absolute atomic E-state index is 0.188. The van der Waals surface area contributed by atoms with Gasteiger partial charge in [-0.15, -0.1) is 11.8 Å². The van der Waals surface area contributed by atoms with Crippen LogP contribution in [-0.2, 0) is 11.2 Å². The molecular formula is C19H20BrClN2O2S. The minimum Gasteiger partial charge on any atom is -0.493 e. The number of nitrogens with one attached hydrogen (secondary N) is 1. The van der Waals surface area contributed by atoms with Gasteiger partial charge in [-0.3, -0.25) is 4.79 Å². The minimum atomic E-state index is -0.188. The van der Waals surface area contributed by atoms with Gasteiger partial charge in [0.05, 0.1) is 23.7 Å². The van der Waals surface area contributed by atoms with Crippen molar-refractivity contribution < 1.29 is 9.53 Å². The standard InChI is InChI=1S/C19H20BrClN2O2S/c1-3-25-17-7-5-13(9-16(17)20)12-22-23-19(24)11-14-10-15(21)6-8-18(14)26-4-2/h5-10,12H,3-4,11H2,1-2H3,(H,23,24)/b22-12-. The van der Waals surface area contributed by atoms with E-state index in [0.717, 1.165) is 32.0 Å². The molecule has 0 radical (unpaired) electrons. The molecule has 0 fully saturated rings. The van der Waals surface area contributed by atoms with E-state index in [1.807, 2.05) is 43.3 Å². The number of nitrogens with zero attached hydrogens (tertiary/aromatic N) is 1. The first-order valence-electron chi connectivity index (χ1n) is 8.19. The summed E-state index contributed by atoms with van der Waals surface area (Å²) in [7, 11) is 0. The van der Waals surface area contributed by atoms with Crippen LogP contribution in [0.25, 0.3) is 0 Å². The third-order valence-electron chi connectivity index (χ3n) is 3.33. The molecule has 26 heavy (non-hydrogen) atoms. The van der Waals surface area contributed by atoms with E-state index in [4.69, 9.17) is 16.3 Å². The molecule has 0 atom stereocenters. The van der Waals surface area contributed by atoms with E-state index in [-0.39, 0.29) is 12.3 Å². The van der Waals surface area contributed by atoms with Gasteiger partial charge in [0, 0.05) is 9.92 Å². The number of benzene rings is 2. The lowest BCUT2D eigenvalue weighted by atomic mass is 10.1. The number of halogens is 2. The lowest BCUT2D eigenvalue weighted by Gasteiger charge is -2.08. The van der Waals surface area contributed by atoms with Gasteiger partial charge in [0.15, 0.2) is 0 Å². The van der Waals surface area contributed by atoms with Crippen LogP contribution in [0.5, 0.6) is 5.75 Å². The van der Waals surface area contributed by atoms with Crippen LogP contribution in [0.15, 0.2) is 50.9 Å². The SMILES string of the molecule is CCOc1ccc(/C=N\NC(=O)Cc2cc(Cl)ccc2SCC)cc1Br. The molecule has 2 aromatic rings. The first kappa shape index (κ1) is 20.8. The van der Waals surface area contributed by atoms with Gasteiger partial charge in [-0.2, -0.15) is 5.10 Å². The van der Waals surface area contributed by atoms with Crippen LogP contribution < -0.4 is 10.2 Å². The van der Waals surface area contributed by atoms with Crippen LogP contribution in [0.2, 0.25) is 5.02 Å². The second-order valence-electron chi connectivity index (χ2n) is 5.28. The zero-order valence-corrected chi connectivity index (χ0v) is 17.7. The molecule has 0 spiro atoms. The molecule has 138 valence electrons. The second-order valence-corrected chi connectivity index (χ2v) is 7.87. The summed E-state index contributed by atoms with van der Waals surface area (Å²) >= 11 is 11.2. The van der Waals surface area contributed by atoms with Crippen LogP contribution in [-0.4, -0.2) is 24.5 Å². The Bertz CT molecular complexity index is 799. The maximum atomic E-state index is 12.2. The van der Waals surface area contributed by atoms with E-state index in [1.54, 1.807) is 18.0 Å². The van der Waals surface area contributed by atoms with E-state index in [9.17, 15) is 4.79 Å². The number of thioether (sulfide) groups is 1. The van der Waals surface area contributed by atoms with Gasteiger partial charge in [-0.1, -0.05) is 18.5 Å². The topological polar surface area (TPSA) is 50.7 Å². The molecule has 0 aliphatic rings. The van der Waals surface area contributed by atoms with Gasteiger partial charge in [0.1, 0.15) is 5.75 Å². The molecule has 1 amide bonds. The fourth-order valence-corrected chi connectivity index (χ4v) is 3.74. The van der Waals surface area contributed by atoms with E-state index in [2.05, 4.69) is 33.4 Å². The molecule has 1 N–H and O–H groups in total. The van der Waals surface area contributed by atoms with Crippen molar-refractivity contribution in [2.75, 3.05) is 12.4 Å². The second kappa shape index (κ2) is 10.6. The number of carbonyl (C=O) groups excluding carboxylic acids is 1. The molecule has 0 unspecified atom stereocenters. The van der Waals surface area contributed by atoms with Gasteiger partial charge >= 0.3 is 0 Å². The molecule has 4 nitrogen and oxygen atoms in total. The zero-order valence-electron chi connectivity index (χ0n) is 14.6. The van der Waals surface area contributed by atoms with Crippen molar-refractivity contribution in [3.05, 3.63) is 57.0 Å². The van der Waals surface area contributed by atoms with Gasteiger partial charge in [-0.25, -0.2) is 5.43 Å². The molecule has 0 heterocycles. The van der Waals surface area contributed by atoms with Crippen LogP contribution in [0, 0.1) is 0 Å². The van der Waals surface area contributed by atoms with Crippen LogP contribution in [0.3, 0.4) is 0 Å². The first-order valence-corrected chi connectivity index (χ1v) is 10.3. The largest absolute Gasteiger partial charge is 0.493 e. The third-order valence-corrected chi connectivity index (χ3v) is 5.18. The fraction of sp³-hybridized carbons (Fsp3) is 0.263. The van der Waals surface area contributed by atoms with Crippen molar-refractivity contribution in [2.24, 2.45) is 5.10 Å². The highest BCUT2D eigenvalue weighted by atomic mass is 79.9. The highest BCUT2D eigenvalue weighted by Gasteiger charge is 2.09. The smallest absolute Gasteiger partial charge is 0.244 e. The summed E-state index contributed by atoms with van der Waals surface area (Å²) in [6.45, 7) is 4.61. The van der Waals surface area contributed by atoms with Crippen LogP contribution >= 0.6 is 39.3 Å². The van der Waals surface area contributed by atoms with Gasteiger partial charge < -0.3 is 4.74 Å². The summed E-state index contributed by atoms with van der Waals surface area (Å²) in [6.07, 6.45) is 1.82. The summed E-state index contributed by atoms with van der Waals surface area (Å²) in [6, 6.07) is 11.2. The summed E-state index contributed by atoms with van der Waals surface area (Å²) in [5.74, 6) is 1.52. The van der Waals surface area contributed by atoms with Crippen molar-refractivity contribution in [2.45, 2.75) is 25.2 Å². The molecule has 0 aliphatic carbocycles. The molecule has 0 saturated carbocycles. The zero-order chi connectivity index (χ0) is 18.9. The lowest BCUT2D eigenvalue weighted by Crippen LogP contribution is -2.20. The predicted octanol–water partition coefficient (Wildman–Crippen LogP) is 5.31. The highest BCUT2D eigenvalue weighted by Crippen LogP contribution is 2.26. The molecular weight excluding hydrogens is 436 g/mol. The van der Waals surface area contributed by atoms with Crippen molar-refractivity contribution in [3.8, 4) is 5.75 Å². The average Bonchev–Trinajstić information content (AvgIpc) is 2.60. The number of carbonyl (C=O) groups is 1. The molecule has 0 saturated heterocycles. The molecule has 0 bridgehead atoms. The Morgan fingerprint density at radius 1 is 1.31 bits per heavy atom. The number of ether oxygens (including phenoxy) is 1. The molecule has 7 heteroatoms. The number of amides is 1. The highest BCUT2D eigenvalue weighted by molar-refractivity contribution is 9.10. The number of rotatable bonds is 8. The van der Waals surface area contributed by atoms with Gasteiger partial charge in [0.2, 0.25) is 5.91 Å². The van der Waals surface area contributed by atoms with Crippen LogP contribution in [0.4, 0.5) is 0 Å². The number of hydrogen-bond donors (Lipinski definition) is 1. The average molecular weight is 456 g/mol. The third kappa shape index (κ3) is 6.34. The summed E-state index contributed by atoms with van der Waals surface area (Å²) in [5, 5.41) is 4.65. The fourth-order valence-electron chi connectivity index (χ4n) is 2.24. The maximum Gasteiger partial charge on any atom is 0.244 e. The lowest BCUT2D eigenvalue weighted by molar-refractivity contribution is -0.120. The Kier molecular flexibility index (Phi) is 8.48.